The van der Waals surface area contributed by atoms with Crippen molar-refractivity contribution >= 4 is 5.91 Å². The Kier molecular flexibility index (Phi) is 6.02. The molecule has 1 heterocycles. The van der Waals surface area contributed by atoms with E-state index in [1.807, 2.05) is 38.1 Å². The summed E-state index contributed by atoms with van der Waals surface area (Å²) in [6, 6.07) is 7.84. The normalized spacial score (nSPS) is 17.2. The summed E-state index contributed by atoms with van der Waals surface area (Å²) >= 11 is 0. The van der Waals surface area contributed by atoms with E-state index in [1.54, 1.807) is 0 Å². The fourth-order valence-electron chi connectivity index (χ4n) is 2.43. The topological polar surface area (TPSA) is 53.6 Å². The lowest BCUT2D eigenvalue weighted by molar-refractivity contribution is -0.126. The maximum atomic E-state index is 12.1. The van der Waals surface area contributed by atoms with Gasteiger partial charge in [-0.1, -0.05) is 12.1 Å². The average Bonchev–Trinajstić information content (AvgIpc) is 2.51. The largest absolute Gasteiger partial charge is 0.492 e. The van der Waals surface area contributed by atoms with Gasteiger partial charge in [0.2, 0.25) is 5.91 Å². The molecular weight excluding hydrogens is 266 g/mol. The molecular formula is C16H25N3O2. The molecule has 2 N–H and O–H groups in total. The molecule has 0 saturated carbocycles. The highest BCUT2D eigenvalue weighted by molar-refractivity contribution is 5.81. The Bertz CT molecular complexity index is 459. The van der Waals surface area contributed by atoms with Crippen molar-refractivity contribution in [3.05, 3.63) is 29.8 Å². The molecule has 5 heteroatoms. The molecule has 116 valence electrons. The van der Waals surface area contributed by atoms with E-state index >= 15 is 0 Å². The quantitative estimate of drug-likeness (QED) is 0.761. The van der Waals surface area contributed by atoms with Crippen LogP contribution >= 0.6 is 0 Å². The number of hydrogen-bond donors (Lipinski definition) is 2. The van der Waals surface area contributed by atoms with Gasteiger partial charge in [0.25, 0.3) is 0 Å². The van der Waals surface area contributed by atoms with Crippen LogP contribution in [0.2, 0.25) is 0 Å². The van der Waals surface area contributed by atoms with E-state index in [-0.39, 0.29) is 11.9 Å². The summed E-state index contributed by atoms with van der Waals surface area (Å²) in [6.45, 7) is 8.77. The number of nitrogens with one attached hydrogen (secondary N) is 2. The highest BCUT2D eigenvalue weighted by Crippen LogP contribution is 2.11. The van der Waals surface area contributed by atoms with Crippen molar-refractivity contribution in [3.63, 3.8) is 0 Å². The predicted molar refractivity (Wildman–Crippen MR) is 83.6 cm³/mol. The van der Waals surface area contributed by atoms with Crippen LogP contribution in [0.1, 0.15) is 12.5 Å². The summed E-state index contributed by atoms with van der Waals surface area (Å²) in [7, 11) is 0. The third kappa shape index (κ3) is 5.02. The molecule has 0 bridgehead atoms. The van der Waals surface area contributed by atoms with Gasteiger partial charge in [-0.3, -0.25) is 9.69 Å². The molecule has 1 aliphatic heterocycles. The molecule has 0 spiro atoms. The number of piperazine rings is 1. The first-order valence-electron chi connectivity index (χ1n) is 7.59. The third-order valence-corrected chi connectivity index (χ3v) is 3.74. The molecule has 5 nitrogen and oxygen atoms in total. The number of carbonyl (C=O) groups is 1. The molecule has 0 aromatic heterocycles. The lowest BCUT2D eigenvalue weighted by Crippen LogP contribution is -2.53. The monoisotopic (exact) mass is 291 g/mol. The number of aryl methyl sites for hydroxylation is 1. The van der Waals surface area contributed by atoms with Crippen molar-refractivity contribution < 1.29 is 9.53 Å². The molecule has 1 fully saturated rings. The summed E-state index contributed by atoms with van der Waals surface area (Å²) in [5.41, 5.74) is 1.17. The highest BCUT2D eigenvalue weighted by Gasteiger charge is 2.22. The van der Waals surface area contributed by atoms with Crippen LogP contribution in [0.4, 0.5) is 0 Å². The standard InChI is InChI=1S/C16H25N3O2/c1-13-4-3-5-15(12-13)21-11-8-18-16(20)14(2)19-9-6-17-7-10-19/h3-5,12,14,17H,6-11H2,1-2H3,(H,18,20). The Morgan fingerprint density at radius 3 is 2.90 bits per heavy atom. The second-order valence-corrected chi connectivity index (χ2v) is 5.42. The van der Waals surface area contributed by atoms with Crippen LogP contribution in [0.3, 0.4) is 0 Å². The number of ether oxygens (including phenoxy) is 1. The number of carbonyl (C=O) groups excluding carboxylic acids is 1. The summed E-state index contributed by atoms with van der Waals surface area (Å²) < 4.78 is 5.62. The minimum Gasteiger partial charge on any atom is -0.492 e. The molecule has 1 saturated heterocycles. The van der Waals surface area contributed by atoms with Gasteiger partial charge in [0.1, 0.15) is 12.4 Å². The van der Waals surface area contributed by atoms with E-state index in [0.717, 1.165) is 31.9 Å². The maximum Gasteiger partial charge on any atom is 0.237 e. The average molecular weight is 291 g/mol. The first-order chi connectivity index (χ1) is 10.2. The Morgan fingerprint density at radius 2 is 2.19 bits per heavy atom. The maximum absolute atomic E-state index is 12.1. The SMILES string of the molecule is Cc1cccc(OCCNC(=O)C(C)N2CCNCC2)c1. The van der Waals surface area contributed by atoms with Gasteiger partial charge in [-0.2, -0.15) is 0 Å². The molecule has 1 unspecified atom stereocenters. The van der Waals surface area contributed by atoms with Gasteiger partial charge in [0, 0.05) is 26.2 Å². The van der Waals surface area contributed by atoms with Gasteiger partial charge in [-0.15, -0.1) is 0 Å². The third-order valence-electron chi connectivity index (χ3n) is 3.74. The zero-order chi connectivity index (χ0) is 15.1. The molecule has 1 atom stereocenters. The fraction of sp³-hybridized carbons (Fsp3) is 0.562. The van der Waals surface area contributed by atoms with Crippen molar-refractivity contribution in [2.45, 2.75) is 19.9 Å². The molecule has 1 aromatic carbocycles. The van der Waals surface area contributed by atoms with Gasteiger partial charge >= 0.3 is 0 Å². The van der Waals surface area contributed by atoms with E-state index in [2.05, 4.69) is 15.5 Å². The number of rotatable bonds is 6. The highest BCUT2D eigenvalue weighted by atomic mass is 16.5. The Hall–Kier alpha value is -1.59. The molecule has 0 aliphatic carbocycles. The summed E-state index contributed by atoms with van der Waals surface area (Å²) in [5, 5.41) is 6.23. The van der Waals surface area contributed by atoms with Gasteiger partial charge in [0.05, 0.1) is 12.6 Å². The molecule has 21 heavy (non-hydrogen) atoms. The van der Waals surface area contributed by atoms with Crippen LogP contribution in [0.25, 0.3) is 0 Å². The minimum absolute atomic E-state index is 0.0738. The second kappa shape index (κ2) is 8.00. The van der Waals surface area contributed by atoms with Crippen LogP contribution in [-0.4, -0.2) is 56.2 Å². The zero-order valence-electron chi connectivity index (χ0n) is 12.9. The van der Waals surface area contributed by atoms with Crippen LogP contribution in [0, 0.1) is 6.92 Å². The van der Waals surface area contributed by atoms with Gasteiger partial charge in [-0.25, -0.2) is 0 Å². The summed E-state index contributed by atoms with van der Waals surface area (Å²) in [5.74, 6) is 0.921. The zero-order valence-corrected chi connectivity index (χ0v) is 12.9. The van der Waals surface area contributed by atoms with Crippen LogP contribution < -0.4 is 15.4 Å². The van der Waals surface area contributed by atoms with Crippen molar-refractivity contribution in [2.24, 2.45) is 0 Å². The van der Waals surface area contributed by atoms with Gasteiger partial charge < -0.3 is 15.4 Å². The van der Waals surface area contributed by atoms with E-state index < -0.39 is 0 Å². The van der Waals surface area contributed by atoms with Crippen LogP contribution in [0.5, 0.6) is 5.75 Å². The number of benzene rings is 1. The predicted octanol–water partition coefficient (Wildman–Crippen LogP) is 0.784. The van der Waals surface area contributed by atoms with Crippen LogP contribution in [0.15, 0.2) is 24.3 Å². The molecule has 1 amide bonds. The van der Waals surface area contributed by atoms with E-state index in [0.29, 0.717) is 13.2 Å². The fourth-order valence-corrected chi connectivity index (χ4v) is 2.43. The smallest absolute Gasteiger partial charge is 0.237 e. The first kappa shape index (κ1) is 15.8. The summed E-state index contributed by atoms with van der Waals surface area (Å²) in [6.07, 6.45) is 0. The lowest BCUT2D eigenvalue weighted by atomic mass is 10.2. The molecule has 0 radical (unpaired) electrons. The summed E-state index contributed by atoms with van der Waals surface area (Å²) in [4.78, 5) is 14.3. The Balaban J connectivity index is 1.66. The lowest BCUT2D eigenvalue weighted by Gasteiger charge is -2.31. The minimum atomic E-state index is -0.0777. The molecule has 2 rings (SSSR count). The number of hydrogen-bond acceptors (Lipinski definition) is 4. The number of nitrogens with zero attached hydrogens (tertiary/aromatic N) is 1. The number of amides is 1. The van der Waals surface area contributed by atoms with Gasteiger partial charge in [0.15, 0.2) is 0 Å². The van der Waals surface area contributed by atoms with E-state index in [9.17, 15) is 4.79 Å². The first-order valence-corrected chi connectivity index (χ1v) is 7.59. The van der Waals surface area contributed by atoms with E-state index in [4.69, 9.17) is 4.74 Å². The van der Waals surface area contributed by atoms with Crippen molar-refractivity contribution in [2.75, 3.05) is 39.3 Å². The van der Waals surface area contributed by atoms with Crippen molar-refractivity contribution in [1.29, 1.82) is 0 Å². The van der Waals surface area contributed by atoms with Gasteiger partial charge in [-0.05, 0) is 31.5 Å². The second-order valence-electron chi connectivity index (χ2n) is 5.42. The molecule has 1 aliphatic rings. The van der Waals surface area contributed by atoms with Crippen LogP contribution in [-0.2, 0) is 4.79 Å². The van der Waals surface area contributed by atoms with Crippen molar-refractivity contribution in [1.82, 2.24) is 15.5 Å². The van der Waals surface area contributed by atoms with E-state index in [1.165, 1.54) is 5.56 Å². The molecule has 1 aromatic rings. The van der Waals surface area contributed by atoms with Crippen molar-refractivity contribution in [3.8, 4) is 5.75 Å². The Labute approximate surface area is 126 Å². The Morgan fingerprint density at radius 1 is 1.43 bits per heavy atom.